The van der Waals surface area contributed by atoms with Crippen LogP contribution in [0.4, 0.5) is 0 Å². The third kappa shape index (κ3) is 7.46. The van der Waals surface area contributed by atoms with Gasteiger partial charge < -0.3 is 0 Å². The van der Waals surface area contributed by atoms with Crippen LogP contribution in [0.5, 0.6) is 0 Å². The normalized spacial score (nSPS) is 27.5. The number of allylic oxidation sites excluding steroid dienone is 4. The van der Waals surface area contributed by atoms with Gasteiger partial charge in [-0.1, -0.05) is 87.9 Å². The summed E-state index contributed by atoms with van der Waals surface area (Å²) in [5.41, 5.74) is 3.05. The number of nitriles is 1. The van der Waals surface area contributed by atoms with Crippen molar-refractivity contribution in [2.24, 2.45) is 17.8 Å². The van der Waals surface area contributed by atoms with Crippen LogP contribution in [0.15, 0.2) is 48.6 Å². The number of hydrogen-bond acceptors (Lipinski definition) is 1. The van der Waals surface area contributed by atoms with E-state index in [9.17, 15) is 0 Å². The van der Waals surface area contributed by atoms with E-state index in [1.54, 1.807) is 5.56 Å². The van der Waals surface area contributed by atoms with E-state index in [1.807, 2.05) is 18.2 Å². The molecule has 0 heterocycles. The average Bonchev–Trinajstić information content (AvgIpc) is 2.81. The van der Waals surface area contributed by atoms with Gasteiger partial charge in [-0.3, -0.25) is 0 Å². The number of benzene rings is 1. The Hall–Kier alpha value is -1.81. The van der Waals surface area contributed by atoms with Crippen molar-refractivity contribution in [3.8, 4) is 6.07 Å². The summed E-state index contributed by atoms with van der Waals surface area (Å²) in [6.07, 6.45) is 25.7. The molecule has 1 aromatic rings. The molecule has 0 amide bonds. The molecule has 0 aromatic heterocycles. The summed E-state index contributed by atoms with van der Waals surface area (Å²) >= 11 is 0. The van der Waals surface area contributed by atoms with Gasteiger partial charge in [-0.2, -0.15) is 5.26 Å². The Kier molecular flexibility index (Phi) is 9.75. The molecule has 2 aliphatic carbocycles. The topological polar surface area (TPSA) is 23.8 Å². The minimum atomic E-state index is 0.812. The molecular formula is C29H41N. The van der Waals surface area contributed by atoms with Gasteiger partial charge in [0.15, 0.2) is 0 Å². The zero-order valence-electron chi connectivity index (χ0n) is 19.1. The Labute approximate surface area is 185 Å². The Balaban J connectivity index is 1.28. The smallest absolute Gasteiger partial charge is 0.0912 e. The van der Waals surface area contributed by atoms with E-state index in [1.165, 1.54) is 82.3 Å². The van der Waals surface area contributed by atoms with E-state index in [-0.39, 0.29) is 0 Å². The Morgan fingerprint density at radius 1 is 0.800 bits per heavy atom. The van der Waals surface area contributed by atoms with Crippen molar-refractivity contribution in [3.63, 3.8) is 0 Å². The van der Waals surface area contributed by atoms with Gasteiger partial charge in [-0.25, -0.2) is 0 Å². The number of rotatable bonds is 9. The highest BCUT2D eigenvalue weighted by molar-refractivity contribution is 5.25. The molecule has 2 saturated carbocycles. The number of aryl methyl sites for hydroxylation is 1. The van der Waals surface area contributed by atoms with E-state index < -0.39 is 0 Å². The fourth-order valence-electron chi connectivity index (χ4n) is 5.70. The summed E-state index contributed by atoms with van der Waals surface area (Å²) in [5, 5.41) is 8.48. The van der Waals surface area contributed by atoms with Crippen LogP contribution in [0.25, 0.3) is 0 Å². The van der Waals surface area contributed by atoms with E-state index >= 15 is 0 Å². The van der Waals surface area contributed by atoms with Crippen molar-refractivity contribution in [2.45, 2.75) is 96.3 Å². The largest absolute Gasteiger partial charge is 0.193 e. The molecule has 1 aromatic carbocycles. The second-order valence-electron chi connectivity index (χ2n) is 9.77. The van der Waals surface area contributed by atoms with Crippen LogP contribution in [0.1, 0.15) is 101 Å². The summed E-state index contributed by atoms with van der Waals surface area (Å²) in [5.74, 6) is 3.72. The molecule has 0 bridgehead atoms. The molecule has 0 radical (unpaired) electrons. The molecule has 2 fully saturated rings. The second kappa shape index (κ2) is 12.8. The van der Waals surface area contributed by atoms with Crippen LogP contribution in [0.2, 0.25) is 0 Å². The van der Waals surface area contributed by atoms with Crippen LogP contribution in [-0.4, -0.2) is 0 Å². The highest BCUT2D eigenvalue weighted by Gasteiger charge is 2.25. The minimum absolute atomic E-state index is 0.812. The minimum Gasteiger partial charge on any atom is -0.193 e. The quantitative estimate of drug-likeness (QED) is 0.299. The van der Waals surface area contributed by atoms with Crippen LogP contribution in [0, 0.1) is 29.1 Å². The fourth-order valence-corrected chi connectivity index (χ4v) is 5.70. The molecule has 162 valence electrons. The molecule has 3 rings (SSSR count). The van der Waals surface area contributed by atoms with E-state index in [2.05, 4.69) is 37.3 Å². The number of hydrogen-bond donors (Lipinski definition) is 0. The lowest BCUT2D eigenvalue weighted by Gasteiger charge is -2.32. The zero-order chi connectivity index (χ0) is 21.0. The highest BCUT2D eigenvalue weighted by Crippen LogP contribution is 2.40. The first-order chi connectivity index (χ1) is 14.8. The first kappa shape index (κ1) is 22.9. The van der Waals surface area contributed by atoms with Crippen molar-refractivity contribution in [2.75, 3.05) is 0 Å². The predicted octanol–water partition coefficient (Wildman–Crippen LogP) is 8.53. The van der Waals surface area contributed by atoms with Gasteiger partial charge in [-0.05, 0) is 79.7 Å². The zero-order valence-corrected chi connectivity index (χ0v) is 19.1. The third-order valence-electron chi connectivity index (χ3n) is 7.82. The standard InChI is InChI=1S/C29H41N/c1-2-24-15-19-28(20-16-24)29-21-17-27(18-22-29)14-13-26-11-9-25(10-12-26)8-6-4-3-5-7-23-30/h3-5,7,15-16,19-20,25-27,29H,2,6,8-14,17-18,21-22H2,1H3. The van der Waals surface area contributed by atoms with Gasteiger partial charge in [0.1, 0.15) is 0 Å². The fraction of sp³-hybridized carbons (Fsp3) is 0.621. The molecular weight excluding hydrogens is 362 g/mol. The van der Waals surface area contributed by atoms with Gasteiger partial charge in [0, 0.05) is 6.08 Å². The lowest BCUT2D eigenvalue weighted by Crippen LogP contribution is -2.17. The molecule has 30 heavy (non-hydrogen) atoms. The molecule has 1 heteroatoms. The maximum atomic E-state index is 8.48. The van der Waals surface area contributed by atoms with E-state index in [4.69, 9.17) is 5.26 Å². The van der Waals surface area contributed by atoms with Gasteiger partial charge in [0.25, 0.3) is 0 Å². The Morgan fingerprint density at radius 2 is 1.37 bits per heavy atom. The molecule has 1 nitrogen and oxygen atoms in total. The number of nitrogens with zero attached hydrogens (tertiary/aromatic N) is 1. The maximum Gasteiger partial charge on any atom is 0.0912 e. The molecule has 0 unspecified atom stereocenters. The van der Waals surface area contributed by atoms with Gasteiger partial charge in [0.05, 0.1) is 6.07 Å². The maximum absolute atomic E-state index is 8.48. The monoisotopic (exact) mass is 403 g/mol. The molecule has 0 N–H and O–H groups in total. The first-order valence-electron chi connectivity index (χ1n) is 12.6. The van der Waals surface area contributed by atoms with Gasteiger partial charge in [0.2, 0.25) is 0 Å². The van der Waals surface area contributed by atoms with Crippen molar-refractivity contribution in [3.05, 3.63) is 59.7 Å². The summed E-state index contributed by atoms with van der Waals surface area (Å²) in [6.45, 7) is 2.24. The molecule has 0 spiro atoms. The third-order valence-corrected chi connectivity index (χ3v) is 7.82. The lowest BCUT2D eigenvalue weighted by atomic mass is 9.74. The Bertz CT molecular complexity index is 689. The SMILES string of the molecule is CCc1ccc(C2CCC(CCC3CCC(CCC=CC=CC#N)CC3)CC2)cc1. The van der Waals surface area contributed by atoms with Crippen molar-refractivity contribution >= 4 is 0 Å². The Morgan fingerprint density at radius 3 is 1.93 bits per heavy atom. The van der Waals surface area contributed by atoms with Crippen LogP contribution in [-0.2, 0) is 6.42 Å². The second-order valence-corrected chi connectivity index (χ2v) is 9.77. The van der Waals surface area contributed by atoms with Crippen LogP contribution >= 0.6 is 0 Å². The van der Waals surface area contributed by atoms with Gasteiger partial charge in [-0.15, -0.1) is 0 Å². The summed E-state index contributed by atoms with van der Waals surface area (Å²) in [4.78, 5) is 0. The highest BCUT2D eigenvalue weighted by atomic mass is 14.3. The molecule has 2 aliphatic rings. The van der Waals surface area contributed by atoms with E-state index in [0.717, 1.165) is 36.5 Å². The predicted molar refractivity (Wildman–Crippen MR) is 128 cm³/mol. The van der Waals surface area contributed by atoms with Crippen LogP contribution < -0.4 is 0 Å². The lowest BCUT2D eigenvalue weighted by molar-refractivity contribution is 0.225. The van der Waals surface area contributed by atoms with Crippen molar-refractivity contribution in [1.29, 1.82) is 5.26 Å². The van der Waals surface area contributed by atoms with Crippen molar-refractivity contribution in [1.82, 2.24) is 0 Å². The molecule has 0 aliphatic heterocycles. The average molecular weight is 404 g/mol. The molecule has 0 atom stereocenters. The molecule has 0 saturated heterocycles. The summed E-state index contributed by atoms with van der Waals surface area (Å²) < 4.78 is 0. The van der Waals surface area contributed by atoms with Crippen molar-refractivity contribution < 1.29 is 0 Å². The summed E-state index contributed by atoms with van der Waals surface area (Å²) in [7, 11) is 0. The summed E-state index contributed by atoms with van der Waals surface area (Å²) in [6, 6.07) is 11.5. The van der Waals surface area contributed by atoms with Crippen LogP contribution in [0.3, 0.4) is 0 Å². The van der Waals surface area contributed by atoms with E-state index in [0.29, 0.717) is 0 Å². The van der Waals surface area contributed by atoms with Gasteiger partial charge >= 0.3 is 0 Å². The first-order valence-corrected chi connectivity index (χ1v) is 12.6.